The monoisotopic (exact) mass is 197 g/mol. The fraction of sp³-hybridized carbons (Fsp3) is 1.00. The van der Waals surface area contributed by atoms with Gasteiger partial charge in [-0.15, -0.1) is 0 Å². The predicted molar refractivity (Wildman–Crippen MR) is 42.3 cm³/mol. The topological polar surface area (TPSA) is 32.3 Å². The summed E-state index contributed by atoms with van der Waals surface area (Å²) in [7, 11) is 0. The zero-order valence-corrected chi connectivity index (χ0v) is 7.27. The van der Waals surface area contributed by atoms with Gasteiger partial charge in [0.25, 0.3) is 0 Å². The molecule has 2 N–H and O–H groups in total. The minimum atomic E-state index is -4.07. The molecule has 0 saturated carbocycles. The van der Waals surface area contributed by atoms with E-state index in [1.807, 2.05) is 0 Å². The van der Waals surface area contributed by atoms with E-state index in [4.69, 9.17) is 5.11 Å². The maximum Gasteiger partial charge on any atom is 0.391 e. The summed E-state index contributed by atoms with van der Waals surface area (Å²) in [6.07, 6.45) is -3.40. The molecule has 0 aromatic carbocycles. The highest BCUT2D eigenvalue weighted by atomic mass is 19.4. The van der Waals surface area contributed by atoms with Crippen molar-refractivity contribution in [2.45, 2.75) is 31.5 Å². The number of aliphatic hydroxyl groups is 1. The Bertz CT molecular complexity index is 158. The average molecular weight is 197 g/mol. The van der Waals surface area contributed by atoms with Gasteiger partial charge in [0, 0.05) is 12.6 Å². The summed E-state index contributed by atoms with van der Waals surface area (Å²) >= 11 is 0. The first-order valence-corrected chi connectivity index (χ1v) is 4.45. The van der Waals surface area contributed by atoms with Crippen molar-refractivity contribution >= 4 is 0 Å². The van der Waals surface area contributed by atoms with Gasteiger partial charge in [0.1, 0.15) is 0 Å². The van der Waals surface area contributed by atoms with Crippen molar-refractivity contribution in [2.75, 3.05) is 13.2 Å². The summed E-state index contributed by atoms with van der Waals surface area (Å²) in [5, 5.41) is 11.5. The number of alkyl halides is 3. The van der Waals surface area contributed by atoms with E-state index < -0.39 is 12.1 Å². The zero-order chi connectivity index (χ0) is 9.90. The summed E-state index contributed by atoms with van der Waals surface area (Å²) in [5.74, 6) is -1.19. The van der Waals surface area contributed by atoms with Gasteiger partial charge in [0.05, 0.1) is 5.92 Å². The molecule has 0 bridgehead atoms. The fourth-order valence-corrected chi connectivity index (χ4v) is 1.68. The quantitative estimate of drug-likeness (QED) is 0.699. The van der Waals surface area contributed by atoms with Crippen LogP contribution in [0.15, 0.2) is 0 Å². The molecule has 1 heterocycles. The van der Waals surface area contributed by atoms with Crippen molar-refractivity contribution in [3.63, 3.8) is 0 Å². The van der Waals surface area contributed by atoms with Crippen LogP contribution in [0.25, 0.3) is 0 Å². The second-order valence-corrected chi connectivity index (χ2v) is 3.43. The average Bonchev–Trinajstić information content (AvgIpc) is 2.04. The molecule has 0 spiro atoms. The molecule has 2 unspecified atom stereocenters. The Morgan fingerprint density at radius 1 is 1.38 bits per heavy atom. The molecular formula is C8H14F3NO. The highest BCUT2D eigenvalue weighted by Crippen LogP contribution is 2.34. The van der Waals surface area contributed by atoms with Crippen molar-refractivity contribution in [1.82, 2.24) is 5.32 Å². The van der Waals surface area contributed by atoms with Crippen molar-refractivity contribution in [2.24, 2.45) is 5.92 Å². The predicted octanol–water partition coefficient (Wildman–Crippen LogP) is 1.30. The number of nitrogens with one attached hydrogen (secondary N) is 1. The first kappa shape index (κ1) is 10.8. The van der Waals surface area contributed by atoms with Gasteiger partial charge in [-0.3, -0.25) is 0 Å². The Balaban J connectivity index is 2.42. The summed E-state index contributed by atoms with van der Waals surface area (Å²) in [6.45, 7) is 0.344. The number of rotatable bonds is 2. The van der Waals surface area contributed by atoms with Gasteiger partial charge in [0.2, 0.25) is 0 Å². The number of piperidine rings is 1. The molecule has 1 saturated heterocycles. The molecule has 0 amide bonds. The Morgan fingerprint density at radius 2 is 2.08 bits per heavy atom. The molecule has 0 aromatic heterocycles. The van der Waals surface area contributed by atoms with E-state index in [-0.39, 0.29) is 25.5 Å². The van der Waals surface area contributed by atoms with E-state index in [0.29, 0.717) is 13.0 Å². The number of hydrogen-bond acceptors (Lipinski definition) is 2. The summed E-state index contributed by atoms with van der Waals surface area (Å²) < 4.78 is 36.8. The maximum absolute atomic E-state index is 12.3. The van der Waals surface area contributed by atoms with Gasteiger partial charge in [-0.25, -0.2) is 0 Å². The Morgan fingerprint density at radius 3 is 2.62 bits per heavy atom. The third kappa shape index (κ3) is 3.15. The van der Waals surface area contributed by atoms with E-state index in [1.54, 1.807) is 0 Å². The largest absolute Gasteiger partial charge is 0.396 e. The molecule has 5 heteroatoms. The molecule has 0 aliphatic carbocycles. The van der Waals surface area contributed by atoms with Gasteiger partial charge in [-0.2, -0.15) is 13.2 Å². The minimum Gasteiger partial charge on any atom is -0.396 e. The fourth-order valence-electron chi connectivity index (χ4n) is 1.68. The van der Waals surface area contributed by atoms with E-state index in [1.165, 1.54) is 0 Å². The van der Waals surface area contributed by atoms with Crippen LogP contribution in [0, 0.1) is 5.92 Å². The van der Waals surface area contributed by atoms with Crippen molar-refractivity contribution in [3.8, 4) is 0 Å². The highest BCUT2D eigenvalue weighted by Gasteiger charge is 2.41. The number of hydrogen-bond donors (Lipinski definition) is 2. The van der Waals surface area contributed by atoms with Crippen LogP contribution in [0.5, 0.6) is 0 Å². The SMILES string of the molecule is OCCC1CC(C(F)(F)F)CCN1. The maximum atomic E-state index is 12.3. The van der Waals surface area contributed by atoms with Gasteiger partial charge >= 0.3 is 6.18 Å². The summed E-state index contributed by atoms with van der Waals surface area (Å²) in [4.78, 5) is 0. The Kier molecular flexibility index (Phi) is 3.55. The van der Waals surface area contributed by atoms with Crippen LogP contribution in [0.1, 0.15) is 19.3 Å². The van der Waals surface area contributed by atoms with E-state index >= 15 is 0 Å². The van der Waals surface area contributed by atoms with E-state index in [2.05, 4.69) is 5.32 Å². The van der Waals surface area contributed by atoms with Gasteiger partial charge in [-0.1, -0.05) is 0 Å². The van der Waals surface area contributed by atoms with Crippen LogP contribution < -0.4 is 5.32 Å². The molecule has 1 rings (SSSR count). The highest BCUT2D eigenvalue weighted by molar-refractivity contribution is 4.81. The van der Waals surface area contributed by atoms with Crippen LogP contribution in [-0.2, 0) is 0 Å². The Hall–Kier alpha value is -0.290. The third-order valence-electron chi connectivity index (χ3n) is 2.44. The lowest BCUT2D eigenvalue weighted by Crippen LogP contribution is -2.43. The smallest absolute Gasteiger partial charge is 0.391 e. The normalized spacial score (nSPS) is 30.5. The standard InChI is InChI=1S/C8H14F3NO/c9-8(10,11)6-1-3-12-7(5-6)2-4-13/h6-7,12-13H,1-5H2. The number of halogens is 3. The first-order valence-electron chi connectivity index (χ1n) is 4.45. The first-order chi connectivity index (χ1) is 6.04. The molecule has 13 heavy (non-hydrogen) atoms. The van der Waals surface area contributed by atoms with Crippen LogP contribution in [-0.4, -0.2) is 30.5 Å². The molecule has 2 atom stereocenters. The second kappa shape index (κ2) is 4.28. The molecule has 1 aliphatic heterocycles. The zero-order valence-electron chi connectivity index (χ0n) is 7.27. The molecule has 1 aliphatic rings. The molecule has 2 nitrogen and oxygen atoms in total. The number of aliphatic hydroxyl groups excluding tert-OH is 1. The molecule has 1 fully saturated rings. The lowest BCUT2D eigenvalue weighted by Gasteiger charge is -2.31. The van der Waals surface area contributed by atoms with Crippen LogP contribution in [0.2, 0.25) is 0 Å². The van der Waals surface area contributed by atoms with Gasteiger partial charge in [0.15, 0.2) is 0 Å². The van der Waals surface area contributed by atoms with Gasteiger partial charge in [-0.05, 0) is 25.8 Å². The van der Waals surface area contributed by atoms with Crippen molar-refractivity contribution in [3.05, 3.63) is 0 Å². The Labute approximate surface area is 75.1 Å². The molecule has 0 aromatic rings. The lowest BCUT2D eigenvalue weighted by molar-refractivity contribution is -0.183. The minimum absolute atomic E-state index is 0.0533. The van der Waals surface area contributed by atoms with Crippen LogP contribution >= 0.6 is 0 Å². The van der Waals surface area contributed by atoms with Crippen LogP contribution in [0.4, 0.5) is 13.2 Å². The van der Waals surface area contributed by atoms with Crippen molar-refractivity contribution < 1.29 is 18.3 Å². The van der Waals surface area contributed by atoms with Crippen LogP contribution in [0.3, 0.4) is 0 Å². The summed E-state index contributed by atoms with van der Waals surface area (Å²) in [6, 6.07) is -0.176. The third-order valence-corrected chi connectivity index (χ3v) is 2.44. The summed E-state index contributed by atoms with van der Waals surface area (Å²) in [5.41, 5.74) is 0. The van der Waals surface area contributed by atoms with E-state index in [9.17, 15) is 13.2 Å². The van der Waals surface area contributed by atoms with Gasteiger partial charge < -0.3 is 10.4 Å². The second-order valence-electron chi connectivity index (χ2n) is 3.43. The molecule has 0 radical (unpaired) electrons. The van der Waals surface area contributed by atoms with E-state index in [0.717, 1.165) is 0 Å². The molecular weight excluding hydrogens is 183 g/mol. The van der Waals surface area contributed by atoms with Crippen molar-refractivity contribution in [1.29, 1.82) is 0 Å². The lowest BCUT2D eigenvalue weighted by atomic mass is 9.91. The molecule has 78 valence electrons.